The Labute approximate surface area is 240 Å². The second kappa shape index (κ2) is 11.3. The maximum absolute atomic E-state index is 14.3. The normalized spacial score (nSPS) is 19.7. The Morgan fingerprint density at radius 2 is 1.80 bits per heavy atom. The molecule has 8 heteroatoms. The molecular weight excluding hydrogens is 532 g/mol. The summed E-state index contributed by atoms with van der Waals surface area (Å²) in [6, 6.07) is 24.0. The lowest BCUT2D eigenvalue weighted by Gasteiger charge is -2.31. The van der Waals surface area contributed by atoms with Crippen molar-refractivity contribution < 1.29 is 13.2 Å². The summed E-state index contributed by atoms with van der Waals surface area (Å²) in [6.07, 6.45) is 9.81. The smallest absolute Gasteiger partial charge is 0.241 e. The third kappa shape index (κ3) is 5.55. The van der Waals surface area contributed by atoms with Gasteiger partial charge in [0.05, 0.1) is 17.4 Å². The predicted molar refractivity (Wildman–Crippen MR) is 159 cm³/mol. The maximum atomic E-state index is 14.3. The zero-order chi connectivity index (χ0) is 28.4. The number of aryl methyl sites for hydroxylation is 2. The first-order valence-corrected chi connectivity index (χ1v) is 15.3. The van der Waals surface area contributed by atoms with Gasteiger partial charge >= 0.3 is 0 Å². The second-order valence-electron chi connectivity index (χ2n) is 10.6. The number of benzene rings is 3. The van der Waals surface area contributed by atoms with Gasteiger partial charge in [-0.05, 0) is 72.4 Å². The van der Waals surface area contributed by atoms with E-state index in [1.807, 2.05) is 78.5 Å². The lowest BCUT2D eigenvalue weighted by atomic mass is 9.86. The molecule has 6 rings (SSSR count). The van der Waals surface area contributed by atoms with Gasteiger partial charge < -0.3 is 9.47 Å². The van der Waals surface area contributed by atoms with Crippen LogP contribution in [-0.4, -0.2) is 23.9 Å². The molecule has 0 unspecified atom stereocenters. The Morgan fingerprint density at radius 1 is 1.05 bits per heavy atom. The summed E-state index contributed by atoms with van der Waals surface area (Å²) in [7, 11) is -1.80. The Balaban J connectivity index is 1.36. The van der Waals surface area contributed by atoms with Gasteiger partial charge in [-0.1, -0.05) is 54.6 Å². The van der Waals surface area contributed by atoms with Crippen molar-refractivity contribution in [2.24, 2.45) is 13.0 Å². The molecule has 1 amide bonds. The van der Waals surface area contributed by atoms with Crippen molar-refractivity contribution in [3.8, 4) is 0 Å². The van der Waals surface area contributed by atoms with Crippen LogP contribution in [0.2, 0.25) is 0 Å². The monoisotopic (exact) mass is 564 g/mol. The molecule has 2 aliphatic carbocycles. The van der Waals surface area contributed by atoms with Gasteiger partial charge in [0.2, 0.25) is 15.9 Å². The number of carbonyl (C=O) groups is 1. The molecule has 1 N–H and O–H groups in total. The summed E-state index contributed by atoms with van der Waals surface area (Å²) in [5.74, 6) is 0.167. The molecule has 7 nitrogen and oxygen atoms in total. The molecule has 1 aromatic heterocycles. The summed E-state index contributed by atoms with van der Waals surface area (Å²) in [6.45, 7) is 0.285. The van der Waals surface area contributed by atoms with Crippen LogP contribution in [0.15, 0.2) is 114 Å². The standard InChI is InChI=1S/C33H32N4O3S/c1-36-21-20-34-32(36)23-37(33(38)29-16-9-15-28(29)24-10-4-2-5-11-24)26-19-18-25-12-8-17-31(30(25)22-26)35-41(39,40)27-13-6-3-7-14-27/h2-7,10-11,13-16,18-22,28-29,31,35H,8,12,17,23H2,1H3/t28-,29+,31+/m1/s1. The van der Waals surface area contributed by atoms with Crippen LogP contribution in [0.3, 0.4) is 0 Å². The number of anilines is 1. The van der Waals surface area contributed by atoms with Gasteiger partial charge in [-0.25, -0.2) is 18.1 Å². The Hall–Kier alpha value is -4.23. The maximum Gasteiger partial charge on any atom is 0.241 e. The molecule has 0 spiro atoms. The van der Waals surface area contributed by atoms with E-state index in [1.165, 1.54) is 0 Å². The van der Waals surface area contributed by atoms with Gasteiger partial charge in [-0.3, -0.25) is 4.79 Å². The van der Waals surface area contributed by atoms with Crippen LogP contribution in [0.1, 0.15) is 47.3 Å². The van der Waals surface area contributed by atoms with E-state index in [4.69, 9.17) is 0 Å². The van der Waals surface area contributed by atoms with Crippen LogP contribution in [0.4, 0.5) is 5.69 Å². The van der Waals surface area contributed by atoms with Gasteiger partial charge in [0.25, 0.3) is 0 Å². The minimum absolute atomic E-state index is 0.0553. The lowest BCUT2D eigenvalue weighted by Crippen LogP contribution is -2.38. The van der Waals surface area contributed by atoms with Crippen molar-refractivity contribution in [2.75, 3.05) is 4.90 Å². The minimum atomic E-state index is -3.71. The third-order valence-electron chi connectivity index (χ3n) is 8.00. The van der Waals surface area contributed by atoms with E-state index in [1.54, 1.807) is 41.4 Å². The summed E-state index contributed by atoms with van der Waals surface area (Å²) in [4.78, 5) is 20.8. The van der Waals surface area contributed by atoms with Gasteiger partial charge in [0, 0.05) is 37.1 Å². The van der Waals surface area contributed by atoms with Crippen LogP contribution in [0.5, 0.6) is 0 Å². The number of carbonyl (C=O) groups excluding carboxylic acids is 1. The SMILES string of the molecule is Cn1ccnc1CN(C(=O)[C@H]1C=C=C[C@@H]1c1ccccc1)c1ccc2c(c1)[C@@H](NS(=O)(=O)c1ccccc1)CCC2. The zero-order valence-corrected chi connectivity index (χ0v) is 23.7. The topological polar surface area (TPSA) is 84.3 Å². The highest BCUT2D eigenvalue weighted by Crippen LogP contribution is 2.37. The molecule has 0 radical (unpaired) electrons. The highest BCUT2D eigenvalue weighted by atomic mass is 32.2. The van der Waals surface area contributed by atoms with Crippen molar-refractivity contribution >= 4 is 21.6 Å². The number of amides is 1. The van der Waals surface area contributed by atoms with Gasteiger partial charge in [0.15, 0.2) is 0 Å². The van der Waals surface area contributed by atoms with Crippen LogP contribution in [0.25, 0.3) is 0 Å². The van der Waals surface area contributed by atoms with E-state index in [0.29, 0.717) is 6.42 Å². The summed E-state index contributed by atoms with van der Waals surface area (Å²) in [5.41, 5.74) is 6.96. The van der Waals surface area contributed by atoms with Crippen LogP contribution < -0.4 is 9.62 Å². The van der Waals surface area contributed by atoms with Crippen molar-refractivity contribution in [3.05, 3.63) is 132 Å². The van der Waals surface area contributed by atoms with E-state index < -0.39 is 15.9 Å². The van der Waals surface area contributed by atoms with Gasteiger partial charge in [0.1, 0.15) is 5.82 Å². The van der Waals surface area contributed by atoms with Crippen molar-refractivity contribution in [1.82, 2.24) is 14.3 Å². The number of sulfonamides is 1. The van der Waals surface area contributed by atoms with E-state index in [2.05, 4.69) is 15.4 Å². The number of aromatic nitrogens is 2. The Morgan fingerprint density at radius 3 is 2.54 bits per heavy atom. The molecule has 0 saturated carbocycles. The Kier molecular flexibility index (Phi) is 7.45. The number of rotatable bonds is 8. The number of fused-ring (bicyclic) bond motifs is 1. The lowest BCUT2D eigenvalue weighted by molar-refractivity contribution is -0.121. The average molecular weight is 565 g/mol. The fraction of sp³-hybridized carbons (Fsp3) is 0.242. The first kappa shape index (κ1) is 27.0. The van der Waals surface area contributed by atoms with E-state index in [9.17, 15) is 13.2 Å². The van der Waals surface area contributed by atoms with Crippen molar-refractivity contribution in [2.45, 2.75) is 42.7 Å². The molecule has 208 valence electrons. The number of imidazole rings is 1. The molecule has 0 aliphatic heterocycles. The quantitative estimate of drug-likeness (QED) is 0.289. The fourth-order valence-electron chi connectivity index (χ4n) is 5.77. The summed E-state index contributed by atoms with van der Waals surface area (Å²) < 4.78 is 31.3. The van der Waals surface area contributed by atoms with Gasteiger partial charge in [-0.15, -0.1) is 5.73 Å². The Bertz CT molecular complexity index is 1720. The zero-order valence-electron chi connectivity index (χ0n) is 22.9. The molecule has 0 saturated heterocycles. The molecule has 4 aromatic rings. The third-order valence-corrected chi connectivity index (χ3v) is 9.49. The molecule has 2 aliphatic rings. The minimum Gasteiger partial charge on any atom is -0.337 e. The largest absolute Gasteiger partial charge is 0.337 e. The van der Waals surface area contributed by atoms with E-state index in [-0.39, 0.29) is 29.3 Å². The van der Waals surface area contributed by atoms with Crippen LogP contribution in [0, 0.1) is 5.92 Å². The number of nitrogens with zero attached hydrogens (tertiary/aromatic N) is 3. The highest BCUT2D eigenvalue weighted by Gasteiger charge is 2.34. The number of hydrogen-bond donors (Lipinski definition) is 1. The van der Waals surface area contributed by atoms with Crippen LogP contribution >= 0.6 is 0 Å². The first-order chi connectivity index (χ1) is 19.9. The number of nitrogens with one attached hydrogen (secondary N) is 1. The highest BCUT2D eigenvalue weighted by molar-refractivity contribution is 7.89. The van der Waals surface area contributed by atoms with E-state index in [0.717, 1.165) is 41.0 Å². The second-order valence-corrected chi connectivity index (χ2v) is 12.3. The number of hydrogen-bond acceptors (Lipinski definition) is 4. The molecule has 1 heterocycles. The average Bonchev–Trinajstić information content (AvgIpc) is 3.65. The fourth-order valence-corrected chi connectivity index (χ4v) is 7.04. The molecule has 3 atom stereocenters. The summed E-state index contributed by atoms with van der Waals surface area (Å²) in [5, 5.41) is 0. The van der Waals surface area contributed by atoms with Crippen LogP contribution in [-0.2, 0) is 34.8 Å². The van der Waals surface area contributed by atoms with Crippen molar-refractivity contribution in [1.29, 1.82) is 0 Å². The molecule has 0 bridgehead atoms. The van der Waals surface area contributed by atoms with Gasteiger partial charge in [-0.2, -0.15) is 0 Å². The molecule has 3 aromatic carbocycles. The molecular formula is C33H32N4O3S. The first-order valence-electron chi connectivity index (χ1n) is 13.9. The predicted octanol–water partition coefficient (Wildman–Crippen LogP) is 5.43. The summed E-state index contributed by atoms with van der Waals surface area (Å²) >= 11 is 0. The van der Waals surface area contributed by atoms with E-state index >= 15 is 0 Å². The molecule has 0 fully saturated rings. The molecule has 41 heavy (non-hydrogen) atoms. The van der Waals surface area contributed by atoms with Crippen molar-refractivity contribution in [3.63, 3.8) is 0 Å².